The molecule has 1 aromatic carbocycles. The van der Waals surface area contributed by atoms with Gasteiger partial charge in [-0.15, -0.1) is 11.3 Å². The van der Waals surface area contributed by atoms with Gasteiger partial charge in [0.25, 0.3) is 0 Å². The second-order valence-corrected chi connectivity index (χ2v) is 5.37. The molecule has 2 rings (SSSR count). The molecule has 0 aliphatic rings. The van der Waals surface area contributed by atoms with Gasteiger partial charge in [0.15, 0.2) is 0 Å². The first kappa shape index (κ1) is 12.0. The van der Waals surface area contributed by atoms with E-state index >= 15 is 0 Å². The smallest absolute Gasteiger partial charge is 0.0991 e. The van der Waals surface area contributed by atoms with Gasteiger partial charge in [0.05, 0.1) is 16.0 Å². The van der Waals surface area contributed by atoms with E-state index in [2.05, 4.69) is 11.4 Å². The van der Waals surface area contributed by atoms with Gasteiger partial charge < -0.3 is 5.32 Å². The van der Waals surface area contributed by atoms with Gasteiger partial charge >= 0.3 is 0 Å². The molecule has 0 unspecified atom stereocenters. The number of benzene rings is 1. The molecule has 0 radical (unpaired) electrons. The van der Waals surface area contributed by atoms with Crippen LogP contribution in [0.25, 0.3) is 0 Å². The molecule has 17 heavy (non-hydrogen) atoms. The van der Waals surface area contributed by atoms with E-state index in [1.807, 2.05) is 36.4 Å². The number of halogens is 1. The van der Waals surface area contributed by atoms with Gasteiger partial charge in [0.2, 0.25) is 0 Å². The van der Waals surface area contributed by atoms with E-state index < -0.39 is 0 Å². The number of nitriles is 1. The van der Waals surface area contributed by atoms with Crippen LogP contribution in [0, 0.1) is 11.3 Å². The van der Waals surface area contributed by atoms with Gasteiger partial charge in [-0.1, -0.05) is 11.6 Å². The molecule has 2 nitrogen and oxygen atoms in total. The van der Waals surface area contributed by atoms with Crippen LogP contribution in [0.15, 0.2) is 36.4 Å². The number of hydrogen-bond acceptors (Lipinski definition) is 3. The second kappa shape index (κ2) is 5.72. The third kappa shape index (κ3) is 3.48. The van der Waals surface area contributed by atoms with E-state index in [4.69, 9.17) is 16.9 Å². The monoisotopic (exact) mass is 262 g/mol. The zero-order valence-electron chi connectivity index (χ0n) is 9.11. The highest BCUT2D eigenvalue weighted by Gasteiger charge is 1.98. The van der Waals surface area contributed by atoms with Crippen molar-refractivity contribution in [3.63, 3.8) is 0 Å². The molecule has 1 N–H and O–H groups in total. The molecule has 2 aromatic rings. The Labute approximate surface area is 109 Å². The molecule has 0 atom stereocenters. The van der Waals surface area contributed by atoms with E-state index in [9.17, 15) is 0 Å². The van der Waals surface area contributed by atoms with E-state index in [0.717, 1.165) is 23.0 Å². The van der Waals surface area contributed by atoms with E-state index in [-0.39, 0.29) is 0 Å². The minimum absolute atomic E-state index is 0.681. The third-order valence-corrected chi connectivity index (χ3v) is 3.63. The van der Waals surface area contributed by atoms with Crippen molar-refractivity contribution in [1.82, 2.24) is 0 Å². The van der Waals surface area contributed by atoms with Crippen LogP contribution in [0.4, 0.5) is 5.69 Å². The van der Waals surface area contributed by atoms with Crippen LogP contribution in [0.5, 0.6) is 0 Å². The molecule has 0 aliphatic carbocycles. The number of nitrogens with one attached hydrogen (secondary N) is 1. The van der Waals surface area contributed by atoms with E-state index in [0.29, 0.717) is 5.56 Å². The summed E-state index contributed by atoms with van der Waals surface area (Å²) in [6.07, 6.45) is 0.956. The first-order valence-electron chi connectivity index (χ1n) is 5.26. The summed E-state index contributed by atoms with van der Waals surface area (Å²) in [5.41, 5.74) is 1.72. The average molecular weight is 263 g/mol. The molecule has 0 saturated carbocycles. The summed E-state index contributed by atoms with van der Waals surface area (Å²) in [4.78, 5) is 1.27. The fraction of sp³-hybridized carbons (Fsp3) is 0.154. The molecular weight excluding hydrogens is 252 g/mol. The summed E-state index contributed by atoms with van der Waals surface area (Å²) >= 11 is 7.47. The maximum Gasteiger partial charge on any atom is 0.0991 e. The summed E-state index contributed by atoms with van der Waals surface area (Å²) in [5.74, 6) is 0. The highest BCUT2D eigenvalue weighted by atomic mass is 35.5. The van der Waals surface area contributed by atoms with Crippen LogP contribution >= 0.6 is 22.9 Å². The summed E-state index contributed by atoms with van der Waals surface area (Å²) in [5, 5.41) is 12.0. The van der Waals surface area contributed by atoms with Crippen molar-refractivity contribution in [2.75, 3.05) is 11.9 Å². The molecular formula is C13H11ClN2S. The van der Waals surface area contributed by atoms with Crippen molar-refractivity contribution in [3.05, 3.63) is 51.2 Å². The van der Waals surface area contributed by atoms with Crippen LogP contribution in [0.1, 0.15) is 10.4 Å². The lowest BCUT2D eigenvalue weighted by Gasteiger charge is -2.04. The maximum absolute atomic E-state index is 8.67. The van der Waals surface area contributed by atoms with Gasteiger partial charge in [0, 0.05) is 17.1 Å². The highest BCUT2D eigenvalue weighted by molar-refractivity contribution is 7.16. The minimum Gasteiger partial charge on any atom is -0.385 e. The van der Waals surface area contributed by atoms with Crippen molar-refractivity contribution >= 4 is 28.6 Å². The zero-order chi connectivity index (χ0) is 12.1. The van der Waals surface area contributed by atoms with Gasteiger partial charge in [-0.3, -0.25) is 0 Å². The van der Waals surface area contributed by atoms with Crippen molar-refractivity contribution in [2.45, 2.75) is 6.42 Å². The van der Waals surface area contributed by atoms with Crippen LogP contribution in [0.2, 0.25) is 4.34 Å². The molecule has 86 valence electrons. The van der Waals surface area contributed by atoms with Crippen molar-refractivity contribution in [2.24, 2.45) is 0 Å². The summed E-state index contributed by atoms with van der Waals surface area (Å²) in [6.45, 7) is 0.864. The predicted molar refractivity (Wildman–Crippen MR) is 72.7 cm³/mol. The first-order chi connectivity index (χ1) is 8.28. The Morgan fingerprint density at radius 2 is 1.94 bits per heavy atom. The van der Waals surface area contributed by atoms with Crippen molar-refractivity contribution in [3.8, 4) is 6.07 Å². The molecule has 1 aromatic heterocycles. The molecule has 0 fully saturated rings. The minimum atomic E-state index is 0.681. The summed E-state index contributed by atoms with van der Waals surface area (Å²) in [6, 6.07) is 13.5. The van der Waals surface area contributed by atoms with Crippen LogP contribution in [-0.4, -0.2) is 6.54 Å². The number of thiophene rings is 1. The normalized spacial score (nSPS) is 9.88. The fourth-order valence-electron chi connectivity index (χ4n) is 1.48. The van der Waals surface area contributed by atoms with Crippen LogP contribution < -0.4 is 5.32 Å². The van der Waals surface area contributed by atoms with E-state index in [1.165, 1.54) is 4.88 Å². The third-order valence-electron chi connectivity index (χ3n) is 2.34. The SMILES string of the molecule is N#Cc1ccc(NCCc2ccc(Cl)s2)cc1. The standard InChI is InChI=1S/C13H11ClN2S/c14-13-6-5-12(17-13)7-8-16-11-3-1-10(9-15)2-4-11/h1-6,16H,7-8H2. The molecule has 1 heterocycles. The largest absolute Gasteiger partial charge is 0.385 e. The van der Waals surface area contributed by atoms with Crippen LogP contribution in [0.3, 0.4) is 0 Å². The number of anilines is 1. The van der Waals surface area contributed by atoms with Crippen LogP contribution in [-0.2, 0) is 6.42 Å². The van der Waals surface area contributed by atoms with Crippen molar-refractivity contribution < 1.29 is 0 Å². The van der Waals surface area contributed by atoms with Crippen molar-refractivity contribution in [1.29, 1.82) is 5.26 Å². The zero-order valence-corrected chi connectivity index (χ0v) is 10.7. The Morgan fingerprint density at radius 1 is 1.18 bits per heavy atom. The number of rotatable bonds is 4. The fourth-order valence-corrected chi connectivity index (χ4v) is 2.57. The Morgan fingerprint density at radius 3 is 2.53 bits per heavy atom. The quantitative estimate of drug-likeness (QED) is 0.906. The number of nitrogens with zero attached hydrogens (tertiary/aromatic N) is 1. The molecule has 4 heteroatoms. The van der Waals surface area contributed by atoms with Gasteiger partial charge in [-0.25, -0.2) is 0 Å². The predicted octanol–water partition coefficient (Wildman–Crippen LogP) is 3.93. The van der Waals surface area contributed by atoms with Gasteiger partial charge in [-0.2, -0.15) is 5.26 Å². The van der Waals surface area contributed by atoms with E-state index in [1.54, 1.807) is 11.3 Å². The first-order valence-corrected chi connectivity index (χ1v) is 6.45. The molecule has 0 amide bonds. The lowest BCUT2D eigenvalue weighted by Crippen LogP contribution is -2.03. The lowest BCUT2D eigenvalue weighted by molar-refractivity contribution is 1.04. The summed E-state index contributed by atoms with van der Waals surface area (Å²) in [7, 11) is 0. The maximum atomic E-state index is 8.67. The van der Waals surface area contributed by atoms with Gasteiger partial charge in [0.1, 0.15) is 0 Å². The lowest BCUT2D eigenvalue weighted by atomic mass is 10.2. The molecule has 0 spiro atoms. The Bertz CT molecular complexity index is 525. The summed E-state index contributed by atoms with van der Waals surface area (Å²) < 4.78 is 0.832. The number of hydrogen-bond donors (Lipinski definition) is 1. The topological polar surface area (TPSA) is 35.8 Å². The Balaban J connectivity index is 1.84. The molecule has 0 bridgehead atoms. The molecule has 0 saturated heterocycles. The second-order valence-electron chi connectivity index (χ2n) is 3.57. The average Bonchev–Trinajstić information content (AvgIpc) is 2.76. The van der Waals surface area contributed by atoms with Gasteiger partial charge in [-0.05, 0) is 42.8 Å². The Hall–Kier alpha value is -1.50. The highest BCUT2D eigenvalue weighted by Crippen LogP contribution is 2.21. The Kier molecular flexibility index (Phi) is 4.03. The molecule has 0 aliphatic heterocycles.